The quantitative estimate of drug-likeness (QED) is 0.577. The van der Waals surface area contributed by atoms with Crippen molar-refractivity contribution < 1.29 is 4.79 Å². The van der Waals surface area contributed by atoms with Crippen LogP contribution in [-0.2, 0) is 4.79 Å². The third-order valence-corrected chi connectivity index (χ3v) is 2.59. The fraction of sp³-hybridized carbons (Fsp3) is 0.125. The molecular formula is C8H4Cl4O. The molecule has 1 unspecified atom stereocenters. The molecule has 1 atom stereocenters. The molecule has 1 rings (SSSR count). The van der Waals surface area contributed by atoms with Crippen LogP contribution in [0.15, 0.2) is 18.2 Å². The summed E-state index contributed by atoms with van der Waals surface area (Å²) in [5.41, 5.74) is 0.499. The van der Waals surface area contributed by atoms with Gasteiger partial charge in [0.05, 0.1) is 0 Å². The van der Waals surface area contributed by atoms with E-state index in [0.717, 1.165) is 0 Å². The van der Waals surface area contributed by atoms with Crippen molar-refractivity contribution in [2.75, 3.05) is 0 Å². The molecule has 1 aromatic rings. The molecule has 0 heterocycles. The molecule has 13 heavy (non-hydrogen) atoms. The highest BCUT2D eigenvalue weighted by molar-refractivity contribution is 6.68. The number of rotatable bonds is 2. The lowest BCUT2D eigenvalue weighted by atomic mass is 10.2. The van der Waals surface area contributed by atoms with E-state index in [0.29, 0.717) is 15.6 Å². The molecule has 0 saturated carbocycles. The summed E-state index contributed by atoms with van der Waals surface area (Å²) in [7, 11) is 0. The first-order valence-electron chi connectivity index (χ1n) is 3.30. The monoisotopic (exact) mass is 256 g/mol. The lowest BCUT2D eigenvalue weighted by Gasteiger charge is -2.05. The second kappa shape index (κ2) is 4.52. The molecule has 0 N–H and O–H groups in total. The molecule has 0 spiro atoms. The Morgan fingerprint density at radius 1 is 1.15 bits per heavy atom. The zero-order valence-corrected chi connectivity index (χ0v) is 9.25. The van der Waals surface area contributed by atoms with E-state index in [-0.39, 0.29) is 0 Å². The zero-order chi connectivity index (χ0) is 10.0. The van der Waals surface area contributed by atoms with Gasteiger partial charge in [0.15, 0.2) is 0 Å². The van der Waals surface area contributed by atoms with E-state index < -0.39 is 10.6 Å². The molecule has 0 aliphatic carbocycles. The maximum Gasteiger partial charge on any atom is 0.244 e. The van der Waals surface area contributed by atoms with Gasteiger partial charge in [0.2, 0.25) is 5.24 Å². The molecule has 0 fully saturated rings. The Labute approximate surface area is 95.5 Å². The molecule has 5 heteroatoms. The molecule has 1 aromatic carbocycles. The van der Waals surface area contributed by atoms with Gasteiger partial charge in [-0.25, -0.2) is 0 Å². The van der Waals surface area contributed by atoms with Gasteiger partial charge in [-0.2, -0.15) is 0 Å². The molecule has 0 bridgehead atoms. The average Bonchev–Trinajstić information content (AvgIpc) is 2.01. The van der Waals surface area contributed by atoms with Crippen molar-refractivity contribution in [2.24, 2.45) is 0 Å². The number of carbonyl (C=O) groups excluding carboxylic acids is 1. The van der Waals surface area contributed by atoms with Gasteiger partial charge in [0, 0.05) is 10.0 Å². The van der Waals surface area contributed by atoms with Crippen molar-refractivity contribution in [1.29, 1.82) is 0 Å². The minimum atomic E-state index is -0.905. The Morgan fingerprint density at radius 2 is 1.62 bits per heavy atom. The number of hydrogen-bond acceptors (Lipinski definition) is 1. The van der Waals surface area contributed by atoms with Crippen LogP contribution in [0.4, 0.5) is 0 Å². The van der Waals surface area contributed by atoms with Crippen molar-refractivity contribution >= 4 is 51.6 Å². The molecule has 0 radical (unpaired) electrons. The smallest absolute Gasteiger partial charge is 0.244 e. The summed E-state index contributed by atoms with van der Waals surface area (Å²) in [5.74, 6) is 0. The molecule has 0 aromatic heterocycles. The second-order valence-electron chi connectivity index (χ2n) is 2.37. The Kier molecular flexibility index (Phi) is 3.87. The predicted octanol–water partition coefficient (Wildman–Crippen LogP) is 4.04. The number of carbonyl (C=O) groups is 1. The van der Waals surface area contributed by atoms with E-state index in [2.05, 4.69) is 0 Å². The summed E-state index contributed by atoms with van der Waals surface area (Å²) in [5, 5.41) is -0.713. The Bertz CT molecular complexity index is 317. The van der Waals surface area contributed by atoms with E-state index in [1.54, 1.807) is 18.2 Å². The zero-order valence-electron chi connectivity index (χ0n) is 6.23. The van der Waals surface area contributed by atoms with Crippen LogP contribution < -0.4 is 0 Å². The SMILES string of the molecule is O=C(Cl)C(Cl)c1cc(Cl)cc(Cl)c1. The maximum atomic E-state index is 10.7. The lowest BCUT2D eigenvalue weighted by molar-refractivity contribution is -0.111. The van der Waals surface area contributed by atoms with Gasteiger partial charge in [-0.1, -0.05) is 23.2 Å². The van der Waals surface area contributed by atoms with Gasteiger partial charge >= 0.3 is 0 Å². The Morgan fingerprint density at radius 3 is 2.00 bits per heavy atom. The minimum absolute atomic E-state index is 0.422. The van der Waals surface area contributed by atoms with Gasteiger partial charge in [-0.15, -0.1) is 11.6 Å². The topological polar surface area (TPSA) is 17.1 Å². The maximum absolute atomic E-state index is 10.7. The summed E-state index contributed by atoms with van der Waals surface area (Å²) in [4.78, 5) is 10.7. The van der Waals surface area contributed by atoms with E-state index in [1.165, 1.54) is 0 Å². The highest BCUT2D eigenvalue weighted by Crippen LogP contribution is 2.28. The molecule has 0 amide bonds. The van der Waals surface area contributed by atoms with Crippen LogP contribution >= 0.6 is 46.4 Å². The van der Waals surface area contributed by atoms with Crippen LogP contribution in [0, 0.1) is 0 Å². The summed E-state index contributed by atoms with van der Waals surface area (Å²) in [6.07, 6.45) is 0. The minimum Gasteiger partial charge on any atom is -0.279 e. The molecule has 0 saturated heterocycles. The summed E-state index contributed by atoms with van der Waals surface area (Å²) in [6, 6.07) is 4.64. The van der Waals surface area contributed by atoms with Crippen LogP contribution in [0.3, 0.4) is 0 Å². The number of hydrogen-bond donors (Lipinski definition) is 0. The lowest BCUT2D eigenvalue weighted by Crippen LogP contribution is -1.98. The number of alkyl halides is 1. The van der Waals surface area contributed by atoms with Gasteiger partial charge in [0.1, 0.15) is 5.38 Å². The molecule has 0 aliphatic rings. The third kappa shape index (κ3) is 3.03. The largest absolute Gasteiger partial charge is 0.279 e. The van der Waals surface area contributed by atoms with Gasteiger partial charge in [-0.05, 0) is 35.4 Å². The standard InChI is InChI=1S/C8H4Cl4O/c9-5-1-4(2-6(10)3-5)7(11)8(12)13/h1-3,7H. The van der Waals surface area contributed by atoms with Gasteiger partial charge in [0.25, 0.3) is 0 Å². The molecule has 70 valence electrons. The van der Waals surface area contributed by atoms with Crippen LogP contribution in [0.2, 0.25) is 10.0 Å². The van der Waals surface area contributed by atoms with E-state index in [9.17, 15) is 4.79 Å². The summed E-state index contributed by atoms with van der Waals surface area (Å²) >= 11 is 22.3. The van der Waals surface area contributed by atoms with Gasteiger partial charge < -0.3 is 0 Å². The number of benzene rings is 1. The summed E-state index contributed by atoms with van der Waals surface area (Å²) < 4.78 is 0. The number of halogens is 4. The van der Waals surface area contributed by atoms with Crippen LogP contribution in [0.25, 0.3) is 0 Å². The molecule has 1 nitrogen and oxygen atoms in total. The van der Waals surface area contributed by atoms with Crippen molar-refractivity contribution in [1.82, 2.24) is 0 Å². The Balaban J connectivity index is 3.07. The van der Waals surface area contributed by atoms with Crippen LogP contribution in [-0.4, -0.2) is 5.24 Å². The van der Waals surface area contributed by atoms with E-state index in [1.807, 2.05) is 0 Å². The fourth-order valence-electron chi connectivity index (χ4n) is 0.853. The predicted molar refractivity (Wildman–Crippen MR) is 55.9 cm³/mol. The van der Waals surface area contributed by atoms with Crippen LogP contribution in [0.5, 0.6) is 0 Å². The first-order valence-corrected chi connectivity index (χ1v) is 4.87. The van der Waals surface area contributed by atoms with Crippen LogP contribution in [0.1, 0.15) is 10.9 Å². The Hall–Kier alpha value is 0.0500. The van der Waals surface area contributed by atoms with Gasteiger partial charge in [-0.3, -0.25) is 4.79 Å². The molecular weight excluding hydrogens is 254 g/mol. The second-order valence-corrected chi connectivity index (χ2v) is 4.05. The first kappa shape index (κ1) is 11.1. The third-order valence-electron chi connectivity index (χ3n) is 1.38. The van der Waals surface area contributed by atoms with E-state index >= 15 is 0 Å². The first-order chi connectivity index (χ1) is 6.00. The normalized spacial score (nSPS) is 12.6. The van der Waals surface area contributed by atoms with Crippen molar-refractivity contribution in [3.8, 4) is 0 Å². The van der Waals surface area contributed by atoms with Crippen molar-refractivity contribution in [2.45, 2.75) is 5.38 Å². The highest BCUT2D eigenvalue weighted by atomic mass is 35.5. The highest BCUT2D eigenvalue weighted by Gasteiger charge is 2.15. The van der Waals surface area contributed by atoms with Crippen molar-refractivity contribution in [3.05, 3.63) is 33.8 Å². The van der Waals surface area contributed by atoms with E-state index in [4.69, 9.17) is 46.4 Å². The van der Waals surface area contributed by atoms with Crippen molar-refractivity contribution in [3.63, 3.8) is 0 Å². The molecule has 0 aliphatic heterocycles. The average molecular weight is 258 g/mol. The fourth-order valence-corrected chi connectivity index (χ4v) is 1.65. The summed E-state index contributed by atoms with van der Waals surface area (Å²) in [6.45, 7) is 0.